The Hall–Kier alpha value is -3.82. The molecule has 3 aromatic rings. The highest BCUT2D eigenvalue weighted by molar-refractivity contribution is 7.92. The van der Waals surface area contributed by atoms with E-state index in [0.29, 0.717) is 17.7 Å². The number of para-hydroxylation sites is 1. The van der Waals surface area contributed by atoms with Crippen molar-refractivity contribution in [3.05, 3.63) is 53.7 Å². The van der Waals surface area contributed by atoms with Gasteiger partial charge >= 0.3 is 18.1 Å². The van der Waals surface area contributed by atoms with E-state index in [9.17, 15) is 36.3 Å². The zero-order valence-corrected chi connectivity index (χ0v) is 21.5. The third-order valence-electron chi connectivity index (χ3n) is 5.42. The summed E-state index contributed by atoms with van der Waals surface area (Å²) in [5, 5.41) is 23.4. The average Bonchev–Trinajstić information content (AvgIpc) is 3.23. The van der Waals surface area contributed by atoms with E-state index in [-0.39, 0.29) is 18.2 Å². The molecular formula is C24H26F3N3O8S. The van der Waals surface area contributed by atoms with Crippen molar-refractivity contribution in [2.45, 2.75) is 31.7 Å². The molecule has 0 radical (unpaired) electrons. The molecule has 0 fully saturated rings. The van der Waals surface area contributed by atoms with Gasteiger partial charge in [0.2, 0.25) is 10.0 Å². The Balaban J connectivity index is 1.69. The predicted molar refractivity (Wildman–Crippen MR) is 134 cm³/mol. The summed E-state index contributed by atoms with van der Waals surface area (Å²) in [5.41, 5.74) is 1.24. The van der Waals surface area contributed by atoms with E-state index >= 15 is 0 Å². The number of ether oxygens (including phenoxy) is 2. The van der Waals surface area contributed by atoms with E-state index in [1.165, 1.54) is 6.07 Å². The lowest BCUT2D eigenvalue weighted by Crippen LogP contribution is -2.32. The molecule has 1 heterocycles. The van der Waals surface area contributed by atoms with Crippen molar-refractivity contribution in [3.63, 3.8) is 0 Å². The largest absolute Gasteiger partial charge is 0.491 e. The summed E-state index contributed by atoms with van der Waals surface area (Å²) in [5.74, 6) is -3.92. The van der Waals surface area contributed by atoms with Crippen LogP contribution >= 0.6 is 0 Å². The molecule has 0 unspecified atom stereocenters. The summed E-state index contributed by atoms with van der Waals surface area (Å²) in [6.45, 7) is 1.36. The summed E-state index contributed by atoms with van der Waals surface area (Å²) < 4.78 is 72.7. The average molecular weight is 574 g/mol. The zero-order chi connectivity index (χ0) is 29.0. The van der Waals surface area contributed by atoms with Crippen molar-refractivity contribution in [3.8, 4) is 11.5 Å². The number of rotatable bonds is 12. The molecule has 0 saturated carbocycles. The molecule has 2 atom stereocenters. The van der Waals surface area contributed by atoms with Gasteiger partial charge in [-0.25, -0.2) is 18.0 Å². The monoisotopic (exact) mass is 573 g/mol. The van der Waals surface area contributed by atoms with Gasteiger partial charge in [-0.05, 0) is 42.7 Å². The summed E-state index contributed by atoms with van der Waals surface area (Å²) in [7, 11) is -3.96. The lowest BCUT2D eigenvalue weighted by atomic mass is 10.0. The van der Waals surface area contributed by atoms with E-state index in [1.54, 1.807) is 18.3 Å². The zero-order valence-electron chi connectivity index (χ0n) is 20.7. The third-order valence-corrected chi connectivity index (χ3v) is 6.01. The molecule has 0 aliphatic rings. The fraction of sp³-hybridized carbons (Fsp3) is 0.333. The third kappa shape index (κ3) is 8.33. The number of carboxylic acids is 1. The number of aliphatic hydroxyl groups excluding tert-OH is 1. The molecule has 0 aliphatic heterocycles. The number of anilines is 1. The first-order valence-corrected chi connectivity index (χ1v) is 13.3. The number of carboxylic acid groups (broad SMARTS) is 1. The number of hydrogen-bond acceptors (Lipinski definition) is 8. The van der Waals surface area contributed by atoms with Crippen LogP contribution in [-0.2, 0) is 26.0 Å². The molecule has 15 heteroatoms. The van der Waals surface area contributed by atoms with Gasteiger partial charge in [0.1, 0.15) is 5.75 Å². The van der Waals surface area contributed by atoms with E-state index < -0.39 is 52.3 Å². The lowest BCUT2D eigenvalue weighted by molar-refractivity contribution is -0.189. The normalized spacial score (nSPS) is 13.6. The Labute approximate surface area is 221 Å². The van der Waals surface area contributed by atoms with Gasteiger partial charge in [0.25, 0.3) is 0 Å². The van der Waals surface area contributed by atoms with Gasteiger partial charge in [0.15, 0.2) is 12.4 Å². The van der Waals surface area contributed by atoms with Crippen LogP contribution < -0.4 is 19.5 Å². The number of halogens is 3. The number of H-pyrrole nitrogens is 1. The van der Waals surface area contributed by atoms with Crippen molar-refractivity contribution in [2.75, 3.05) is 24.1 Å². The molecule has 1 aromatic heterocycles. The second kappa shape index (κ2) is 11.9. The molecule has 2 aromatic carbocycles. The van der Waals surface area contributed by atoms with Crippen molar-refractivity contribution in [1.82, 2.24) is 10.3 Å². The molecular weight excluding hydrogens is 547 g/mol. The predicted octanol–water partition coefficient (Wildman–Crippen LogP) is 2.72. The minimum Gasteiger partial charge on any atom is -0.480 e. The molecule has 0 spiro atoms. The molecule has 0 aliphatic carbocycles. The number of sulfonamides is 1. The molecule has 3 rings (SSSR count). The number of fused-ring (bicyclic) bond motifs is 1. The van der Waals surface area contributed by atoms with Gasteiger partial charge in [-0.15, -0.1) is 0 Å². The number of aromatic nitrogens is 1. The SMILES string of the molecule is C[C@H](Cc1c[nH]c2c(OCC(=O)O)cccc12)NC[C@H](O)c1ccc(OC(=O)C(F)(F)F)c(NS(C)(=O)=O)c1. The number of alkyl halides is 3. The number of aromatic amines is 1. The Kier molecular flexibility index (Phi) is 9.09. The first-order valence-electron chi connectivity index (χ1n) is 11.4. The van der Waals surface area contributed by atoms with Crippen LogP contribution in [0.4, 0.5) is 18.9 Å². The van der Waals surface area contributed by atoms with Crippen LogP contribution in [0.1, 0.15) is 24.2 Å². The number of carbonyl (C=O) groups excluding carboxylic acids is 1. The van der Waals surface area contributed by atoms with Crippen molar-refractivity contribution >= 4 is 38.6 Å². The second-order valence-corrected chi connectivity index (χ2v) is 10.5. The van der Waals surface area contributed by atoms with Crippen LogP contribution in [0, 0.1) is 0 Å². The molecule has 11 nitrogen and oxygen atoms in total. The molecule has 212 valence electrons. The topological polar surface area (TPSA) is 167 Å². The molecule has 5 N–H and O–H groups in total. The molecule has 0 amide bonds. The minimum atomic E-state index is -5.29. The standard InChI is InChI=1S/C24H26F3N3O8S/c1-13(8-15-10-29-22-16(15)4-3-5-20(22)37-12-21(32)33)28-11-18(31)14-6-7-19(38-23(34)24(25,26)27)17(9-14)30-39(2,35)36/h3-7,9-10,13,18,28-31H,8,11-12H2,1-2H3,(H,32,33)/t13-,18+/m1/s1. The highest BCUT2D eigenvalue weighted by Gasteiger charge is 2.41. The second-order valence-electron chi connectivity index (χ2n) is 8.72. The molecule has 0 saturated heterocycles. The van der Waals surface area contributed by atoms with Crippen molar-refractivity contribution in [2.24, 2.45) is 0 Å². The van der Waals surface area contributed by atoms with Gasteiger partial charge in [0, 0.05) is 24.2 Å². The van der Waals surface area contributed by atoms with Crippen LogP contribution in [0.25, 0.3) is 10.9 Å². The van der Waals surface area contributed by atoms with E-state index in [2.05, 4.69) is 15.0 Å². The Morgan fingerprint density at radius 1 is 1.15 bits per heavy atom. The maximum absolute atomic E-state index is 12.6. The van der Waals surface area contributed by atoms with Gasteiger partial charge in [-0.3, -0.25) is 4.72 Å². The fourth-order valence-corrected chi connectivity index (χ4v) is 4.29. The van der Waals surface area contributed by atoms with Gasteiger partial charge in [0.05, 0.1) is 23.6 Å². The van der Waals surface area contributed by atoms with E-state index in [4.69, 9.17) is 9.84 Å². The van der Waals surface area contributed by atoms with Gasteiger partial charge < -0.3 is 30.0 Å². The number of hydrogen-bond donors (Lipinski definition) is 5. The summed E-state index contributed by atoms with van der Waals surface area (Å²) in [4.78, 5) is 25.1. The number of aliphatic carboxylic acids is 1. The Morgan fingerprint density at radius 2 is 1.87 bits per heavy atom. The Bertz CT molecular complexity index is 1460. The lowest BCUT2D eigenvalue weighted by Gasteiger charge is -2.19. The van der Waals surface area contributed by atoms with E-state index in [1.807, 2.05) is 17.7 Å². The van der Waals surface area contributed by atoms with Crippen molar-refractivity contribution < 1.29 is 50.9 Å². The van der Waals surface area contributed by atoms with Crippen LogP contribution in [0.3, 0.4) is 0 Å². The number of esters is 1. The smallest absolute Gasteiger partial charge is 0.480 e. The number of nitrogens with one attached hydrogen (secondary N) is 3. The van der Waals surface area contributed by atoms with E-state index in [0.717, 1.165) is 29.3 Å². The summed E-state index contributed by atoms with van der Waals surface area (Å²) >= 11 is 0. The van der Waals surface area contributed by atoms with Gasteiger partial charge in [-0.2, -0.15) is 13.2 Å². The number of carbonyl (C=O) groups is 2. The minimum absolute atomic E-state index is 0.00348. The highest BCUT2D eigenvalue weighted by atomic mass is 32.2. The highest BCUT2D eigenvalue weighted by Crippen LogP contribution is 2.31. The first kappa shape index (κ1) is 29.7. The Morgan fingerprint density at radius 3 is 2.51 bits per heavy atom. The summed E-state index contributed by atoms with van der Waals surface area (Å²) in [6, 6.07) is 8.29. The maximum Gasteiger partial charge on any atom is 0.491 e. The quantitative estimate of drug-likeness (QED) is 0.162. The van der Waals surface area contributed by atoms with Crippen LogP contribution in [0.5, 0.6) is 11.5 Å². The fourth-order valence-electron chi connectivity index (χ4n) is 3.73. The van der Waals surface area contributed by atoms with Gasteiger partial charge in [-0.1, -0.05) is 18.2 Å². The van der Waals surface area contributed by atoms with Crippen molar-refractivity contribution in [1.29, 1.82) is 0 Å². The maximum atomic E-state index is 12.6. The summed E-state index contributed by atoms with van der Waals surface area (Å²) in [6.07, 6.45) is -3.46. The number of aliphatic hydroxyl groups is 1. The van der Waals surface area contributed by atoms with Crippen LogP contribution in [0.15, 0.2) is 42.6 Å². The van der Waals surface area contributed by atoms with Crippen LogP contribution in [-0.4, -0.2) is 67.2 Å². The molecule has 39 heavy (non-hydrogen) atoms. The molecule has 0 bridgehead atoms. The number of benzene rings is 2. The first-order chi connectivity index (χ1) is 18.1. The van der Waals surface area contributed by atoms with Crippen LogP contribution in [0.2, 0.25) is 0 Å².